The molecule has 0 spiro atoms. The van der Waals surface area contributed by atoms with E-state index in [-0.39, 0.29) is 17.3 Å². The largest absolute Gasteiger partial charge is 0.350 e. The fraction of sp³-hybridized carbons (Fsp3) is 0.235. The molecule has 5 nitrogen and oxygen atoms in total. The van der Waals surface area contributed by atoms with Crippen LogP contribution < -0.4 is 10.0 Å². The summed E-state index contributed by atoms with van der Waals surface area (Å²) in [5.41, 5.74) is 0.182. The maximum Gasteiger partial charge on any atom is 0.262 e. The third-order valence-electron chi connectivity index (χ3n) is 3.61. The van der Waals surface area contributed by atoms with Crippen LogP contribution in [0.3, 0.4) is 0 Å². The molecule has 1 amide bonds. The second-order valence-corrected chi connectivity index (χ2v) is 7.19. The van der Waals surface area contributed by atoms with E-state index in [0.717, 1.165) is 12.1 Å². The molecule has 0 aliphatic carbocycles. The highest BCUT2D eigenvalue weighted by atomic mass is 32.2. The third-order valence-corrected chi connectivity index (χ3v) is 4.97. The Hall–Kier alpha value is -2.48. The number of rotatable bonds is 6. The van der Waals surface area contributed by atoms with Gasteiger partial charge in [0.25, 0.3) is 15.9 Å². The number of amides is 1. The van der Waals surface area contributed by atoms with Gasteiger partial charge < -0.3 is 5.32 Å². The van der Waals surface area contributed by atoms with E-state index < -0.39 is 32.5 Å². The van der Waals surface area contributed by atoms with Crippen molar-refractivity contribution < 1.29 is 22.0 Å². The molecule has 0 saturated heterocycles. The minimum absolute atomic E-state index is 0.0491. The van der Waals surface area contributed by atoms with Crippen LogP contribution in [0.15, 0.2) is 47.4 Å². The molecule has 0 fully saturated rings. The van der Waals surface area contributed by atoms with Crippen LogP contribution in [-0.4, -0.2) is 20.4 Å². The molecule has 0 heterocycles. The van der Waals surface area contributed by atoms with Crippen LogP contribution in [0.2, 0.25) is 0 Å². The molecule has 1 unspecified atom stereocenters. The van der Waals surface area contributed by atoms with Gasteiger partial charge in [0.2, 0.25) is 0 Å². The fourth-order valence-electron chi connectivity index (χ4n) is 2.02. The summed E-state index contributed by atoms with van der Waals surface area (Å²) in [4.78, 5) is 11.9. The molecule has 0 saturated carbocycles. The van der Waals surface area contributed by atoms with Gasteiger partial charge in [-0.15, -0.1) is 0 Å². The number of carbonyl (C=O) groups excluding carboxylic acids is 1. The summed E-state index contributed by atoms with van der Waals surface area (Å²) in [5.74, 6) is -2.85. The van der Waals surface area contributed by atoms with Gasteiger partial charge in [0, 0.05) is 6.04 Å². The van der Waals surface area contributed by atoms with Crippen molar-refractivity contribution in [2.75, 3.05) is 4.72 Å². The number of anilines is 1. The second-order valence-electron chi connectivity index (χ2n) is 5.51. The predicted molar refractivity (Wildman–Crippen MR) is 90.8 cm³/mol. The van der Waals surface area contributed by atoms with E-state index in [9.17, 15) is 22.0 Å². The van der Waals surface area contributed by atoms with Gasteiger partial charge in [-0.2, -0.15) is 0 Å². The van der Waals surface area contributed by atoms with Crippen molar-refractivity contribution in [2.45, 2.75) is 31.2 Å². The van der Waals surface area contributed by atoms with Gasteiger partial charge in [-0.25, -0.2) is 17.2 Å². The normalized spacial score (nSPS) is 12.5. The van der Waals surface area contributed by atoms with Gasteiger partial charge in [0.05, 0.1) is 16.1 Å². The molecule has 2 rings (SSSR count). The molecule has 25 heavy (non-hydrogen) atoms. The molecule has 0 aromatic heterocycles. The Bertz CT molecular complexity index is 885. The molecular weight excluding hydrogens is 350 g/mol. The molecule has 134 valence electrons. The van der Waals surface area contributed by atoms with Crippen molar-refractivity contribution >= 4 is 21.6 Å². The van der Waals surface area contributed by atoms with E-state index in [1.807, 2.05) is 13.8 Å². The van der Waals surface area contributed by atoms with Crippen molar-refractivity contribution in [1.82, 2.24) is 5.32 Å². The van der Waals surface area contributed by atoms with E-state index in [4.69, 9.17) is 0 Å². The molecule has 0 radical (unpaired) electrons. The monoisotopic (exact) mass is 368 g/mol. The summed E-state index contributed by atoms with van der Waals surface area (Å²) >= 11 is 0. The van der Waals surface area contributed by atoms with Gasteiger partial charge in [0.1, 0.15) is 0 Å². The molecular formula is C17H18F2N2O3S. The SMILES string of the molecule is CCC(C)NC(=O)c1ccccc1NS(=O)(=O)c1ccc(F)c(F)c1. The molecule has 2 N–H and O–H groups in total. The molecule has 1 atom stereocenters. The van der Waals surface area contributed by atoms with E-state index in [2.05, 4.69) is 10.0 Å². The first-order chi connectivity index (χ1) is 11.7. The van der Waals surface area contributed by atoms with Crippen LogP contribution in [0.5, 0.6) is 0 Å². The van der Waals surface area contributed by atoms with Gasteiger partial charge in [-0.1, -0.05) is 19.1 Å². The number of hydrogen-bond donors (Lipinski definition) is 2. The molecule has 8 heteroatoms. The lowest BCUT2D eigenvalue weighted by molar-refractivity contribution is 0.0940. The minimum Gasteiger partial charge on any atom is -0.350 e. The average molecular weight is 368 g/mol. The first-order valence-corrected chi connectivity index (χ1v) is 9.10. The summed E-state index contributed by atoms with van der Waals surface area (Å²) in [6, 6.07) is 8.23. The summed E-state index contributed by atoms with van der Waals surface area (Å²) in [5, 5.41) is 2.75. The lowest BCUT2D eigenvalue weighted by Crippen LogP contribution is -2.32. The molecule has 0 aliphatic heterocycles. The van der Waals surface area contributed by atoms with Crippen LogP contribution >= 0.6 is 0 Å². The lowest BCUT2D eigenvalue weighted by atomic mass is 10.1. The van der Waals surface area contributed by atoms with E-state index >= 15 is 0 Å². The van der Waals surface area contributed by atoms with Crippen molar-refractivity contribution in [3.05, 3.63) is 59.7 Å². The Balaban J connectivity index is 2.33. The van der Waals surface area contributed by atoms with Crippen molar-refractivity contribution in [1.29, 1.82) is 0 Å². The summed E-state index contributed by atoms with van der Waals surface area (Å²) in [6.45, 7) is 3.73. The Morgan fingerprint density at radius 2 is 1.80 bits per heavy atom. The zero-order chi connectivity index (χ0) is 18.6. The molecule has 0 aliphatic rings. The number of hydrogen-bond acceptors (Lipinski definition) is 3. The van der Waals surface area contributed by atoms with E-state index in [1.54, 1.807) is 12.1 Å². The number of carbonyl (C=O) groups is 1. The van der Waals surface area contributed by atoms with Crippen LogP contribution in [-0.2, 0) is 10.0 Å². The first kappa shape index (κ1) is 18.9. The average Bonchev–Trinajstić information content (AvgIpc) is 2.57. The number of halogens is 2. The van der Waals surface area contributed by atoms with Crippen LogP contribution in [0, 0.1) is 11.6 Å². The van der Waals surface area contributed by atoms with Crippen molar-refractivity contribution in [2.24, 2.45) is 0 Å². The lowest BCUT2D eigenvalue weighted by Gasteiger charge is -2.15. The third kappa shape index (κ3) is 4.54. The quantitative estimate of drug-likeness (QED) is 0.822. The summed E-state index contributed by atoms with van der Waals surface area (Å²) in [7, 11) is -4.18. The van der Waals surface area contributed by atoms with Gasteiger partial charge >= 0.3 is 0 Å². The van der Waals surface area contributed by atoms with E-state index in [0.29, 0.717) is 12.5 Å². The second kappa shape index (κ2) is 7.60. The minimum atomic E-state index is -4.18. The topological polar surface area (TPSA) is 75.3 Å². The molecule has 2 aromatic rings. The van der Waals surface area contributed by atoms with Gasteiger partial charge in [-0.05, 0) is 43.7 Å². The smallest absolute Gasteiger partial charge is 0.262 e. The highest BCUT2D eigenvalue weighted by molar-refractivity contribution is 7.92. The first-order valence-electron chi connectivity index (χ1n) is 7.62. The molecule has 2 aromatic carbocycles. The maximum atomic E-state index is 13.3. The molecule has 0 bridgehead atoms. The number of benzene rings is 2. The summed E-state index contributed by atoms with van der Waals surface area (Å²) in [6.07, 6.45) is 0.717. The zero-order valence-corrected chi connectivity index (χ0v) is 14.5. The fourth-order valence-corrected chi connectivity index (χ4v) is 3.11. The Labute approximate surface area is 145 Å². The number of nitrogens with one attached hydrogen (secondary N) is 2. The predicted octanol–water partition coefficient (Wildman–Crippen LogP) is 3.29. The Morgan fingerprint density at radius 3 is 2.44 bits per heavy atom. The van der Waals surface area contributed by atoms with Crippen LogP contribution in [0.25, 0.3) is 0 Å². The van der Waals surface area contributed by atoms with Crippen molar-refractivity contribution in [3.63, 3.8) is 0 Å². The van der Waals surface area contributed by atoms with Crippen LogP contribution in [0.1, 0.15) is 30.6 Å². The van der Waals surface area contributed by atoms with Crippen molar-refractivity contribution in [3.8, 4) is 0 Å². The zero-order valence-electron chi connectivity index (χ0n) is 13.7. The maximum absolute atomic E-state index is 13.3. The summed E-state index contributed by atoms with van der Waals surface area (Å²) < 4.78 is 53.3. The Kier molecular flexibility index (Phi) is 5.73. The number of sulfonamides is 1. The van der Waals surface area contributed by atoms with Gasteiger partial charge in [-0.3, -0.25) is 9.52 Å². The standard InChI is InChI=1S/C17H18F2N2O3S/c1-3-11(2)20-17(22)13-6-4-5-7-16(13)21-25(23,24)12-8-9-14(18)15(19)10-12/h4-11,21H,3H2,1-2H3,(H,20,22). The Morgan fingerprint density at radius 1 is 1.12 bits per heavy atom. The highest BCUT2D eigenvalue weighted by Gasteiger charge is 2.20. The van der Waals surface area contributed by atoms with Crippen LogP contribution in [0.4, 0.5) is 14.5 Å². The van der Waals surface area contributed by atoms with Gasteiger partial charge in [0.15, 0.2) is 11.6 Å². The number of para-hydroxylation sites is 1. The van der Waals surface area contributed by atoms with E-state index in [1.165, 1.54) is 12.1 Å². The highest BCUT2D eigenvalue weighted by Crippen LogP contribution is 2.21.